The lowest BCUT2D eigenvalue weighted by atomic mass is 9.68. The molecule has 2 aliphatic rings. The summed E-state index contributed by atoms with van der Waals surface area (Å²) in [6.45, 7) is 3.02. The van der Waals surface area contributed by atoms with Gasteiger partial charge in [-0.2, -0.15) is 0 Å². The molecule has 1 aliphatic carbocycles. The number of rotatable bonds is 2. The predicted molar refractivity (Wildman–Crippen MR) is 71.4 cm³/mol. The minimum absolute atomic E-state index is 0.613. The molecule has 0 amide bonds. The van der Waals surface area contributed by atoms with Crippen LogP contribution in [0.2, 0.25) is 0 Å². The highest BCUT2D eigenvalue weighted by molar-refractivity contribution is 5.80. The van der Waals surface area contributed by atoms with Gasteiger partial charge in [-0.15, -0.1) is 0 Å². The molecule has 3 rings (SSSR count). The third-order valence-corrected chi connectivity index (χ3v) is 4.36. The maximum Gasteiger partial charge on any atom is 0.194 e. The molecule has 1 spiro atoms. The van der Waals surface area contributed by atoms with E-state index in [-0.39, 0.29) is 0 Å². The van der Waals surface area contributed by atoms with Crippen molar-refractivity contribution in [3.8, 4) is 0 Å². The van der Waals surface area contributed by atoms with Crippen LogP contribution in [-0.2, 0) is 6.54 Å². The average Bonchev–Trinajstić information content (AvgIpc) is 2.97. The second kappa shape index (κ2) is 4.67. The van der Waals surface area contributed by atoms with Crippen LogP contribution in [0.4, 0.5) is 0 Å². The summed E-state index contributed by atoms with van der Waals surface area (Å²) in [5.74, 6) is 1.96. The lowest BCUT2D eigenvalue weighted by molar-refractivity contribution is 0.151. The Morgan fingerprint density at radius 2 is 2.39 bits per heavy atom. The summed E-state index contributed by atoms with van der Waals surface area (Å²) in [7, 11) is 1.86. The van der Waals surface area contributed by atoms with E-state index in [1.165, 1.54) is 32.2 Å². The molecule has 1 aliphatic heterocycles. The van der Waals surface area contributed by atoms with Crippen LogP contribution >= 0.6 is 0 Å². The van der Waals surface area contributed by atoms with E-state index >= 15 is 0 Å². The normalized spacial score (nSPS) is 22.3. The van der Waals surface area contributed by atoms with Crippen molar-refractivity contribution < 1.29 is 4.42 Å². The van der Waals surface area contributed by atoms with Gasteiger partial charge in [-0.05, 0) is 36.8 Å². The van der Waals surface area contributed by atoms with E-state index < -0.39 is 0 Å². The Balaban J connectivity index is 1.56. The predicted octanol–water partition coefficient (Wildman–Crippen LogP) is 2.23. The topological polar surface area (TPSA) is 40.8 Å². The molecule has 0 unspecified atom stereocenters. The highest BCUT2D eigenvalue weighted by Gasteiger charge is 2.43. The van der Waals surface area contributed by atoms with Gasteiger partial charge in [-0.25, -0.2) is 0 Å². The van der Waals surface area contributed by atoms with Crippen molar-refractivity contribution in [3.05, 3.63) is 24.2 Å². The Morgan fingerprint density at radius 3 is 2.94 bits per heavy atom. The fraction of sp³-hybridized carbons (Fsp3) is 0.643. The number of furan rings is 1. The molecule has 0 radical (unpaired) electrons. The van der Waals surface area contributed by atoms with Gasteiger partial charge < -0.3 is 14.6 Å². The molecule has 1 saturated heterocycles. The summed E-state index contributed by atoms with van der Waals surface area (Å²) in [6.07, 6.45) is 7.25. The molecule has 98 valence electrons. The molecule has 2 fully saturated rings. The molecule has 1 aromatic heterocycles. The lowest BCUT2D eigenvalue weighted by Gasteiger charge is -2.38. The Bertz CT molecular complexity index is 420. The Kier molecular flexibility index (Phi) is 3.02. The quantitative estimate of drug-likeness (QED) is 0.643. The second-order valence-electron chi connectivity index (χ2n) is 5.51. The highest BCUT2D eigenvalue weighted by Crippen LogP contribution is 2.47. The van der Waals surface area contributed by atoms with Crippen LogP contribution in [0, 0.1) is 5.41 Å². The first-order valence-electron chi connectivity index (χ1n) is 6.79. The van der Waals surface area contributed by atoms with E-state index in [0.717, 1.165) is 18.3 Å². The number of nitrogens with zero attached hydrogens (tertiary/aromatic N) is 2. The first-order chi connectivity index (χ1) is 8.81. The molecular weight excluding hydrogens is 226 g/mol. The van der Waals surface area contributed by atoms with Crippen molar-refractivity contribution in [1.82, 2.24) is 10.2 Å². The smallest absolute Gasteiger partial charge is 0.194 e. The van der Waals surface area contributed by atoms with Gasteiger partial charge in [0.2, 0.25) is 0 Å². The summed E-state index contributed by atoms with van der Waals surface area (Å²) < 4.78 is 5.33. The first-order valence-corrected chi connectivity index (χ1v) is 6.79. The van der Waals surface area contributed by atoms with Crippen LogP contribution in [0.25, 0.3) is 0 Å². The zero-order valence-corrected chi connectivity index (χ0v) is 11.0. The fourth-order valence-corrected chi connectivity index (χ4v) is 3.11. The third-order valence-electron chi connectivity index (χ3n) is 4.36. The second-order valence-corrected chi connectivity index (χ2v) is 5.51. The molecule has 0 aromatic carbocycles. The number of likely N-dealkylation sites (tertiary alicyclic amines) is 1. The zero-order valence-electron chi connectivity index (χ0n) is 11.0. The SMILES string of the molecule is CN=C(NCc1ccco1)N1CCC2(CCC2)C1. The van der Waals surface area contributed by atoms with Crippen LogP contribution in [0.15, 0.2) is 27.8 Å². The van der Waals surface area contributed by atoms with E-state index in [1.54, 1.807) is 6.26 Å². The highest BCUT2D eigenvalue weighted by atomic mass is 16.3. The summed E-state index contributed by atoms with van der Waals surface area (Å²) in [5, 5.41) is 3.38. The number of nitrogens with one attached hydrogen (secondary N) is 1. The number of guanidine groups is 1. The van der Waals surface area contributed by atoms with Gasteiger partial charge in [0.1, 0.15) is 5.76 Å². The molecule has 0 bridgehead atoms. The molecule has 4 heteroatoms. The van der Waals surface area contributed by atoms with E-state index in [2.05, 4.69) is 15.2 Å². The monoisotopic (exact) mass is 247 g/mol. The average molecular weight is 247 g/mol. The van der Waals surface area contributed by atoms with Crippen LogP contribution in [0.1, 0.15) is 31.4 Å². The Labute approximate surface area is 108 Å². The van der Waals surface area contributed by atoms with Crippen molar-refractivity contribution in [2.24, 2.45) is 10.4 Å². The Morgan fingerprint density at radius 1 is 1.50 bits per heavy atom. The number of aliphatic imine (C=N–C) groups is 1. The molecular formula is C14H21N3O. The number of hydrogen-bond donors (Lipinski definition) is 1. The maximum absolute atomic E-state index is 5.33. The van der Waals surface area contributed by atoms with Crippen LogP contribution in [-0.4, -0.2) is 31.0 Å². The molecule has 1 saturated carbocycles. The van der Waals surface area contributed by atoms with Crippen LogP contribution < -0.4 is 5.32 Å². The minimum atomic E-state index is 0.613. The van der Waals surface area contributed by atoms with Gasteiger partial charge in [-0.3, -0.25) is 4.99 Å². The van der Waals surface area contributed by atoms with Gasteiger partial charge in [0, 0.05) is 20.1 Å². The largest absolute Gasteiger partial charge is 0.467 e. The summed E-state index contributed by atoms with van der Waals surface area (Å²) >= 11 is 0. The maximum atomic E-state index is 5.33. The van der Waals surface area contributed by atoms with E-state index in [1.807, 2.05) is 19.2 Å². The Hall–Kier alpha value is -1.45. The summed E-state index contributed by atoms with van der Waals surface area (Å²) in [6, 6.07) is 3.90. The van der Waals surface area contributed by atoms with Gasteiger partial charge >= 0.3 is 0 Å². The molecule has 1 N–H and O–H groups in total. The number of hydrogen-bond acceptors (Lipinski definition) is 2. The van der Waals surface area contributed by atoms with Gasteiger partial charge in [0.05, 0.1) is 12.8 Å². The first kappa shape index (κ1) is 11.6. The van der Waals surface area contributed by atoms with Gasteiger partial charge in [0.25, 0.3) is 0 Å². The van der Waals surface area contributed by atoms with E-state index in [0.29, 0.717) is 12.0 Å². The van der Waals surface area contributed by atoms with Crippen molar-refractivity contribution in [3.63, 3.8) is 0 Å². The fourth-order valence-electron chi connectivity index (χ4n) is 3.11. The standard InChI is InChI=1S/C14H21N3O/c1-15-13(16-10-12-4-2-9-18-12)17-8-7-14(11-17)5-3-6-14/h2,4,9H,3,5-8,10-11H2,1H3,(H,15,16). The third kappa shape index (κ3) is 2.11. The molecule has 1 aromatic rings. The molecule has 2 heterocycles. The van der Waals surface area contributed by atoms with Crippen LogP contribution in [0.5, 0.6) is 0 Å². The van der Waals surface area contributed by atoms with Gasteiger partial charge in [-0.1, -0.05) is 6.42 Å². The van der Waals surface area contributed by atoms with Crippen molar-refractivity contribution in [2.75, 3.05) is 20.1 Å². The summed E-state index contributed by atoms with van der Waals surface area (Å²) in [4.78, 5) is 6.77. The van der Waals surface area contributed by atoms with Crippen LogP contribution in [0.3, 0.4) is 0 Å². The van der Waals surface area contributed by atoms with Crippen molar-refractivity contribution in [1.29, 1.82) is 0 Å². The van der Waals surface area contributed by atoms with Gasteiger partial charge in [0.15, 0.2) is 5.96 Å². The molecule has 18 heavy (non-hydrogen) atoms. The van der Waals surface area contributed by atoms with Crippen molar-refractivity contribution >= 4 is 5.96 Å². The lowest BCUT2D eigenvalue weighted by Crippen LogP contribution is -2.42. The minimum Gasteiger partial charge on any atom is -0.467 e. The zero-order chi connectivity index (χ0) is 12.4. The van der Waals surface area contributed by atoms with E-state index in [9.17, 15) is 0 Å². The van der Waals surface area contributed by atoms with E-state index in [4.69, 9.17) is 4.42 Å². The van der Waals surface area contributed by atoms with Crippen molar-refractivity contribution in [2.45, 2.75) is 32.2 Å². The molecule has 4 nitrogen and oxygen atoms in total. The summed E-state index contributed by atoms with van der Waals surface area (Å²) in [5.41, 5.74) is 0.613. The molecule has 0 atom stereocenters.